The van der Waals surface area contributed by atoms with E-state index in [1.807, 2.05) is 29.2 Å². The predicted molar refractivity (Wildman–Crippen MR) is 137 cm³/mol. The Morgan fingerprint density at radius 3 is 2.29 bits per heavy atom. The molecule has 0 aliphatic carbocycles. The standard InChI is InChI=1S/C28H27ClN2O3/c1-19-5-15-25-24(17-19)28(4,21-9-11-22(29)12-10-21)18-27(2,3)30(25)26(32)16-8-20-6-13-23(14-7-20)31(33)34/h5-17H,18H2,1-4H3/b16-8+/t28-/m0/s1. The van der Waals surface area contributed by atoms with Crippen molar-refractivity contribution < 1.29 is 9.72 Å². The molecule has 0 saturated carbocycles. The van der Waals surface area contributed by atoms with Crippen molar-refractivity contribution in [3.8, 4) is 0 Å². The van der Waals surface area contributed by atoms with Crippen LogP contribution in [0.15, 0.2) is 72.8 Å². The molecule has 174 valence electrons. The third-order valence-corrected chi connectivity index (χ3v) is 6.85. The van der Waals surface area contributed by atoms with E-state index in [1.165, 1.54) is 18.2 Å². The summed E-state index contributed by atoms with van der Waals surface area (Å²) in [5.41, 5.74) is 4.26. The van der Waals surface area contributed by atoms with Gasteiger partial charge in [0.05, 0.1) is 4.92 Å². The number of hydrogen-bond donors (Lipinski definition) is 0. The summed E-state index contributed by atoms with van der Waals surface area (Å²) < 4.78 is 0. The van der Waals surface area contributed by atoms with Crippen LogP contribution in [0.25, 0.3) is 6.08 Å². The molecule has 1 amide bonds. The molecule has 0 aromatic heterocycles. The number of halogens is 1. The van der Waals surface area contributed by atoms with Crippen molar-refractivity contribution in [1.82, 2.24) is 0 Å². The quantitative estimate of drug-likeness (QED) is 0.230. The van der Waals surface area contributed by atoms with Crippen LogP contribution in [-0.2, 0) is 10.2 Å². The number of rotatable bonds is 4. The molecular weight excluding hydrogens is 448 g/mol. The lowest BCUT2D eigenvalue weighted by molar-refractivity contribution is -0.384. The zero-order chi connectivity index (χ0) is 24.7. The summed E-state index contributed by atoms with van der Waals surface area (Å²) in [6.45, 7) is 8.46. The monoisotopic (exact) mass is 474 g/mol. The number of amides is 1. The Morgan fingerprint density at radius 2 is 1.68 bits per heavy atom. The first-order valence-corrected chi connectivity index (χ1v) is 11.5. The molecule has 0 saturated heterocycles. The van der Waals surface area contributed by atoms with E-state index < -0.39 is 10.5 Å². The Bertz CT molecular complexity index is 1280. The maximum absolute atomic E-state index is 13.5. The lowest BCUT2D eigenvalue weighted by Gasteiger charge is -2.51. The summed E-state index contributed by atoms with van der Waals surface area (Å²) >= 11 is 6.16. The number of nitro groups is 1. The second-order valence-electron chi connectivity index (χ2n) is 9.70. The van der Waals surface area contributed by atoms with E-state index in [9.17, 15) is 14.9 Å². The zero-order valence-electron chi connectivity index (χ0n) is 19.7. The van der Waals surface area contributed by atoms with Crippen molar-refractivity contribution in [1.29, 1.82) is 0 Å². The molecule has 0 bridgehead atoms. The number of non-ortho nitro benzene ring substituents is 1. The van der Waals surface area contributed by atoms with Gasteiger partial charge < -0.3 is 4.90 Å². The van der Waals surface area contributed by atoms with Gasteiger partial charge in [0.25, 0.3) is 11.6 Å². The fourth-order valence-corrected chi connectivity index (χ4v) is 5.22. The van der Waals surface area contributed by atoms with Crippen LogP contribution in [0.4, 0.5) is 11.4 Å². The number of nitrogens with zero attached hydrogens (tertiary/aromatic N) is 2. The molecular formula is C28H27ClN2O3. The number of carbonyl (C=O) groups excluding carboxylic acids is 1. The molecule has 3 aromatic carbocycles. The highest BCUT2D eigenvalue weighted by Crippen LogP contribution is 2.50. The number of anilines is 1. The van der Waals surface area contributed by atoms with Gasteiger partial charge in [0, 0.05) is 39.9 Å². The van der Waals surface area contributed by atoms with Crippen LogP contribution in [0, 0.1) is 17.0 Å². The first-order valence-electron chi connectivity index (χ1n) is 11.2. The van der Waals surface area contributed by atoms with E-state index in [4.69, 9.17) is 11.6 Å². The minimum Gasteiger partial charge on any atom is -0.303 e. The number of hydrogen-bond acceptors (Lipinski definition) is 3. The minimum absolute atomic E-state index is 0.0198. The van der Waals surface area contributed by atoms with Gasteiger partial charge in [0.15, 0.2) is 0 Å². The Balaban J connectivity index is 1.74. The van der Waals surface area contributed by atoms with Crippen molar-refractivity contribution >= 4 is 35.0 Å². The van der Waals surface area contributed by atoms with Gasteiger partial charge in [0.1, 0.15) is 0 Å². The van der Waals surface area contributed by atoms with Crippen molar-refractivity contribution in [3.63, 3.8) is 0 Å². The van der Waals surface area contributed by atoms with E-state index in [2.05, 4.69) is 45.9 Å². The molecule has 1 aliphatic rings. The smallest absolute Gasteiger partial charge is 0.269 e. The van der Waals surface area contributed by atoms with Crippen molar-refractivity contribution in [2.45, 2.75) is 45.1 Å². The van der Waals surface area contributed by atoms with Crippen LogP contribution < -0.4 is 4.90 Å². The highest BCUT2D eigenvalue weighted by atomic mass is 35.5. The first kappa shape index (κ1) is 23.7. The van der Waals surface area contributed by atoms with Crippen LogP contribution in [0.3, 0.4) is 0 Å². The highest BCUT2D eigenvalue weighted by Gasteiger charge is 2.47. The molecule has 0 spiro atoms. The fraction of sp³-hybridized carbons (Fsp3) is 0.250. The Hall–Kier alpha value is -3.44. The summed E-state index contributed by atoms with van der Waals surface area (Å²) in [6, 6.07) is 20.3. The third kappa shape index (κ3) is 4.36. The minimum atomic E-state index is -0.465. The molecule has 0 fully saturated rings. The molecule has 3 aromatic rings. The predicted octanol–water partition coefficient (Wildman–Crippen LogP) is 7.09. The van der Waals surface area contributed by atoms with Crippen LogP contribution in [0.5, 0.6) is 0 Å². The molecule has 1 aliphatic heterocycles. The summed E-state index contributed by atoms with van der Waals surface area (Å²) in [5, 5.41) is 11.6. The van der Waals surface area contributed by atoms with Crippen LogP contribution in [0.2, 0.25) is 5.02 Å². The van der Waals surface area contributed by atoms with Crippen molar-refractivity contribution in [2.75, 3.05) is 4.90 Å². The molecule has 1 heterocycles. The highest BCUT2D eigenvalue weighted by molar-refractivity contribution is 6.30. The van der Waals surface area contributed by atoms with Crippen LogP contribution in [-0.4, -0.2) is 16.4 Å². The van der Waals surface area contributed by atoms with Gasteiger partial charge in [-0.05, 0) is 80.3 Å². The molecule has 5 nitrogen and oxygen atoms in total. The van der Waals surface area contributed by atoms with Gasteiger partial charge in [-0.15, -0.1) is 0 Å². The van der Waals surface area contributed by atoms with Gasteiger partial charge in [-0.1, -0.05) is 48.4 Å². The number of fused-ring (bicyclic) bond motifs is 1. The van der Waals surface area contributed by atoms with Gasteiger partial charge in [-0.2, -0.15) is 0 Å². The van der Waals surface area contributed by atoms with Gasteiger partial charge in [-0.3, -0.25) is 14.9 Å². The average molecular weight is 475 g/mol. The molecule has 4 rings (SSSR count). The van der Waals surface area contributed by atoms with E-state index in [-0.39, 0.29) is 17.0 Å². The number of nitro benzene ring substituents is 1. The summed E-state index contributed by atoms with van der Waals surface area (Å²) in [5.74, 6) is -0.133. The zero-order valence-corrected chi connectivity index (χ0v) is 20.5. The van der Waals surface area contributed by atoms with Gasteiger partial charge >= 0.3 is 0 Å². The summed E-state index contributed by atoms with van der Waals surface area (Å²) in [6.07, 6.45) is 3.97. The van der Waals surface area contributed by atoms with E-state index in [0.717, 1.165) is 34.4 Å². The molecule has 34 heavy (non-hydrogen) atoms. The largest absolute Gasteiger partial charge is 0.303 e. The van der Waals surface area contributed by atoms with E-state index in [0.29, 0.717) is 5.02 Å². The van der Waals surface area contributed by atoms with Crippen molar-refractivity contribution in [2.24, 2.45) is 0 Å². The van der Waals surface area contributed by atoms with Crippen LogP contribution in [0.1, 0.15) is 49.4 Å². The number of carbonyl (C=O) groups is 1. The van der Waals surface area contributed by atoms with Gasteiger partial charge in [0.2, 0.25) is 0 Å². The molecule has 0 unspecified atom stereocenters. The van der Waals surface area contributed by atoms with Crippen LogP contribution >= 0.6 is 11.6 Å². The Morgan fingerprint density at radius 1 is 1.03 bits per heavy atom. The lowest BCUT2D eigenvalue weighted by Crippen LogP contribution is -2.55. The fourth-order valence-electron chi connectivity index (χ4n) is 5.09. The second-order valence-corrected chi connectivity index (χ2v) is 10.1. The summed E-state index contributed by atoms with van der Waals surface area (Å²) in [7, 11) is 0. The first-order chi connectivity index (χ1) is 16.0. The SMILES string of the molecule is Cc1ccc2c(c1)[C@](C)(c1ccc(Cl)cc1)CC(C)(C)N2C(=O)/C=C/c1ccc([N+](=O)[O-])cc1. The Labute approximate surface area is 204 Å². The number of aryl methyl sites for hydroxylation is 1. The van der Waals surface area contributed by atoms with Crippen molar-refractivity contribution in [3.05, 3.63) is 110 Å². The second kappa shape index (κ2) is 8.73. The van der Waals surface area contributed by atoms with Gasteiger partial charge in [-0.25, -0.2) is 0 Å². The Kier molecular flexibility index (Phi) is 6.09. The van der Waals surface area contributed by atoms with E-state index >= 15 is 0 Å². The molecule has 6 heteroatoms. The maximum Gasteiger partial charge on any atom is 0.269 e. The number of benzene rings is 3. The summed E-state index contributed by atoms with van der Waals surface area (Å²) in [4.78, 5) is 25.8. The molecule has 0 N–H and O–H groups in total. The maximum atomic E-state index is 13.5. The third-order valence-electron chi connectivity index (χ3n) is 6.60. The topological polar surface area (TPSA) is 63.5 Å². The normalized spacial score (nSPS) is 19.1. The molecule has 1 atom stereocenters. The lowest BCUT2D eigenvalue weighted by atomic mass is 9.65. The van der Waals surface area contributed by atoms with E-state index in [1.54, 1.807) is 18.2 Å². The molecule has 0 radical (unpaired) electrons. The average Bonchev–Trinajstić information content (AvgIpc) is 2.78.